The third kappa shape index (κ3) is 4.28. The number of amides is 1. The van der Waals surface area contributed by atoms with Crippen LogP contribution in [0.2, 0.25) is 0 Å². The lowest BCUT2D eigenvalue weighted by atomic mass is 10.0. The van der Waals surface area contributed by atoms with E-state index in [0.29, 0.717) is 11.2 Å². The second-order valence-corrected chi connectivity index (χ2v) is 10.2. The van der Waals surface area contributed by atoms with E-state index in [1.165, 1.54) is 0 Å². The molecule has 1 fully saturated rings. The van der Waals surface area contributed by atoms with E-state index in [1.54, 1.807) is 29.2 Å². The Hall–Kier alpha value is -3.92. The molecule has 2 N–H and O–H groups in total. The predicted octanol–water partition coefficient (Wildman–Crippen LogP) is 3.05. The molecule has 10 nitrogen and oxygen atoms in total. The SMILES string of the molecule is Cc1ncc(CN2CCN(c3cc4c(cc3NC(=O)c3cnn5cccnc35)CC(C)(C)O4)CC2)[nH]1. The number of benzene rings is 1. The fourth-order valence-corrected chi connectivity index (χ4v) is 5.12. The number of aromatic nitrogens is 5. The largest absolute Gasteiger partial charge is 0.487 e. The second kappa shape index (κ2) is 8.63. The maximum Gasteiger partial charge on any atom is 0.261 e. The first-order valence-electron chi connectivity index (χ1n) is 12.3. The lowest BCUT2D eigenvalue weighted by Gasteiger charge is -2.37. The Morgan fingerprint density at radius 3 is 2.78 bits per heavy atom. The first kappa shape index (κ1) is 22.5. The van der Waals surface area contributed by atoms with Crippen molar-refractivity contribution in [2.24, 2.45) is 0 Å². The molecule has 0 radical (unpaired) electrons. The molecule has 2 aliphatic heterocycles. The molecule has 1 aromatic carbocycles. The molecule has 0 aliphatic carbocycles. The monoisotopic (exact) mass is 486 g/mol. The van der Waals surface area contributed by atoms with Crippen molar-refractivity contribution in [2.45, 2.75) is 39.3 Å². The number of carbonyl (C=O) groups is 1. The van der Waals surface area contributed by atoms with Crippen LogP contribution in [0.25, 0.3) is 5.65 Å². The molecule has 1 amide bonds. The van der Waals surface area contributed by atoms with Crippen LogP contribution >= 0.6 is 0 Å². The summed E-state index contributed by atoms with van der Waals surface area (Å²) in [6, 6.07) is 5.94. The van der Waals surface area contributed by atoms with E-state index in [-0.39, 0.29) is 11.5 Å². The van der Waals surface area contributed by atoms with Gasteiger partial charge in [0.05, 0.1) is 17.6 Å². The number of hydrogen-bond donors (Lipinski definition) is 2. The number of anilines is 2. The normalized spacial score (nSPS) is 17.2. The molecule has 0 atom stereocenters. The minimum atomic E-state index is -0.268. The summed E-state index contributed by atoms with van der Waals surface area (Å²) in [5.74, 6) is 1.60. The third-order valence-electron chi connectivity index (χ3n) is 6.82. The van der Waals surface area contributed by atoms with Crippen LogP contribution in [-0.2, 0) is 13.0 Å². The van der Waals surface area contributed by atoms with E-state index < -0.39 is 0 Å². The number of aryl methyl sites for hydroxylation is 1. The standard InChI is InChI=1S/C26H30N8O2/c1-17-28-14-19(30-17)16-32-7-9-33(10-8-32)22-12-23-18(13-26(2,3)36-23)11-21(22)31-25(35)20-15-29-34-6-4-5-27-24(20)34/h4-6,11-12,14-15H,7-10,13,16H2,1-3H3,(H,28,30)(H,31,35). The number of rotatable bonds is 5. The summed E-state index contributed by atoms with van der Waals surface area (Å²) < 4.78 is 7.84. The van der Waals surface area contributed by atoms with Crippen LogP contribution < -0.4 is 15.0 Å². The number of ether oxygens (including phenoxy) is 1. The number of fused-ring (bicyclic) bond motifs is 2. The number of imidazole rings is 1. The highest BCUT2D eigenvalue weighted by Gasteiger charge is 2.32. The van der Waals surface area contributed by atoms with Gasteiger partial charge in [0.15, 0.2) is 5.65 Å². The van der Waals surface area contributed by atoms with Gasteiger partial charge in [-0.25, -0.2) is 14.5 Å². The van der Waals surface area contributed by atoms with Gasteiger partial charge in [0.2, 0.25) is 0 Å². The highest BCUT2D eigenvalue weighted by molar-refractivity contribution is 6.09. The zero-order valence-electron chi connectivity index (χ0n) is 20.8. The third-order valence-corrected chi connectivity index (χ3v) is 6.82. The van der Waals surface area contributed by atoms with Gasteiger partial charge >= 0.3 is 0 Å². The van der Waals surface area contributed by atoms with Crippen molar-refractivity contribution in [3.63, 3.8) is 0 Å². The summed E-state index contributed by atoms with van der Waals surface area (Å²) in [6.45, 7) is 10.5. The van der Waals surface area contributed by atoms with E-state index in [4.69, 9.17) is 4.74 Å². The summed E-state index contributed by atoms with van der Waals surface area (Å²) in [5, 5.41) is 7.42. The molecule has 1 saturated heterocycles. The van der Waals surface area contributed by atoms with Crippen molar-refractivity contribution in [1.82, 2.24) is 29.5 Å². The van der Waals surface area contributed by atoms with Crippen LogP contribution in [0, 0.1) is 6.92 Å². The molecule has 6 rings (SSSR count). The molecule has 5 heterocycles. The second-order valence-electron chi connectivity index (χ2n) is 10.2. The number of carbonyl (C=O) groups excluding carboxylic acids is 1. The minimum absolute atomic E-state index is 0.226. The smallest absolute Gasteiger partial charge is 0.261 e. The molecule has 0 spiro atoms. The van der Waals surface area contributed by atoms with Crippen LogP contribution in [-0.4, -0.2) is 67.2 Å². The number of piperazine rings is 1. The van der Waals surface area contributed by atoms with Crippen molar-refractivity contribution in [2.75, 3.05) is 36.4 Å². The summed E-state index contributed by atoms with van der Waals surface area (Å²) in [6.07, 6.45) is 7.71. The number of hydrogen-bond acceptors (Lipinski definition) is 7. The molecule has 0 saturated carbocycles. The lowest BCUT2D eigenvalue weighted by Crippen LogP contribution is -2.46. The molecule has 4 aromatic rings. The van der Waals surface area contributed by atoms with Gasteiger partial charge in [0.25, 0.3) is 5.91 Å². The average Bonchev–Trinajstić information content (AvgIpc) is 3.54. The quantitative estimate of drug-likeness (QED) is 0.447. The van der Waals surface area contributed by atoms with Crippen LogP contribution in [0.4, 0.5) is 11.4 Å². The maximum atomic E-state index is 13.3. The van der Waals surface area contributed by atoms with E-state index in [0.717, 1.165) is 73.4 Å². The van der Waals surface area contributed by atoms with Crippen LogP contribution in [0.15, 0.2) is 43.0 Å². The van der Waals surface area contributed by atoms with Crippen molar-refractivity contribution in [1.29, 1.82) is 0 Å². The van der Waals surface area contributed by atoms with Gasteiger partial charge in [-0.2, -0.15) is 5.10 Å². The highest BCUT2D eigenvalue weighted by atomic mass is 16.5. The fourth-order valence-electron chi connectivity index (χ4n) is 5.12. The Kier molecular flexibility index (Phi) is 5.40. The Morgan fingerprint density at radius 2 is 2.00 bits per heavy atom. The Balaban J connectivity index is 1.26. The molecule has 0 unspecified atom stereocenters. The Labute approximate surface area is 209 Å². The van der Waals surface area contributed by atoms with Crippen molar-refractivity contribution in [3.05, 3.63) is 65.6 Å². The summed E-state index contributed by atoms with van der Waals surface area (Å²) in [5.41, 5.74) is 4.70. The molecular weight excluding hydrogens is 456 g/mol. The van der Waals surface area contributed by atoms with Crippen molar-refractivity contribution in [3.8, 4) is 5.75 Å². The predicted molar refractivity (Wildman–Crippen MR) is 137 cm³/mol. The van der Waals surface area contributed by atoms with Crippen LogP contribution in [0.1, 0.15) is 41.3 Å². The molecular formula is C26H30N8O2. The van der Waals surface area contributed by atoms with Crippen LogP contribution in [0.5, 0.6) is 5.75 Å². The van der Waals surface area contributed by atoms with Gasteiger partial charge in [-0.05, 0) is 32.9 Å². The number of nitrogens with zero attached hydrogens (tertiary/aromatic N) is 6. The summed E-state index contributed by atoms with van der Waals surface area (Å²) in [4.78, 5) is 30.0. The zero-order chi connectivity index (χ0) is 24.9. The van der Waals surface area contributed by atoms with Gasteiger partial charge in [0.1, 0.15) is 22.7 Å². The van der Waals surface area contributed by atoms with Crippen molar-refractivity contribution < 1.29 is 9.53 Å². The highest BCUT2D eigenvalue weighted by Crippen LogP contribution is 2.42. The van der Waals surface area contributed by atoms with Gasteiger partial charge in [-0.1, -0.05) is 0 Å². The molecule has 10 heteroatoms. The Morgan fingerprint density at radius 1 is 1.17 bits per heavy atom. The van der Waals surface area contributed by atoms with Gasteiger partial charge in [-0.15, -0.1) is 0 Å². The average molecular weight is 487 g/mol. The van der Waals surface area contributed by atoms with Gasteiger partial charge in [0, 0.05) is 75.1 Å². The lowest BCUT2D eigenvalue weighted by molar-refractivity contribution is 0.102. The molecule has 2 aliphatic rings. The van der Waals surface area contributed by atoms with Crippen LogP contribution in [0.3, 0.4) is 0 Å². The van der Waals surface area contributed by atoms with Gasteiger partial charge < -0.3 is 19.9 Å². The first-order chi connectivity index (χ1) is 17.3. The minimum Gasteiger partial charge on any atom is -0.487 e. The van der Waals surface area contributed by atoms with Gasteiger partial charge in [-0.3, -0.25) is 9.69 Å². The van der Waals surface area contributed by atoms with E-state index >= 15 is 0 Å². The molecule has 3 aromatic heterocycles. The maximum absolute atomic E-state index is 13.3. The molecule has 186 valence electrons. The topological polar surface area (TPSA) is 104 Å². The molecule has 36 heavy (non-hydrogen) atoms. The van der Waals surface area contributed by atoms with Crippen molar-refractivity contribution >= 4 is 22.9 Å². The summed E-state index contributed by atoms with van der Waals surface area (Å²) in [7, 11) is 0. The number of aromatic amines is 1. The van der Waals surface area contributed by atoms with E-state index in [2.05, 4.69) is 61.1 Å². The fraction of sp³-hybridized carbons (Fsp3) is 0.385. The summed E-state index contributed by atoms with van der Waals surface area (Å²) >= 11 is 0. The van der Waals surface area contributed by atoms with E-state index in [1.807, 2.05) is 13.1 Å². The number of H-pyrrole nitrogens is 1. The Bertz CT molecular complexity index is 1430. The number of nitrogens with one attached hydrogen (secondary N) is 2. The molecule has 0 bridgehead atoms. The van der Waals surface area contributed by atoms with E-state index in [9.17, 15) is 4.79 Å². The zero-order valence-corrected chi connectivity index (χ0v) is 20.8. The first-order valence-corrected chi connectivity index (χ1v) is 12.3.